The molecule has 0 saturated heterocycles. The van der Waals surface area contributed by atoms with E-state index in [2.05, 4.69) is 155 Å². The van der Waals surface area contributed by atoms with Crippen molar-refractivity contribution in [3.63, 3.8) is 0 Å². The van der Waals surface area contributed by atoms with E-state index in [4.69, 9.17) is 9.97 Å². The van der Waals surface area contributed by atoms with Crippen LogP contribution in [0.4, 0.5) is 0 Å². The maximum absolute atomic E-state index is 5.52. The third kappa shape index (κ3) is 2.84. The van der Waals surface area contributed by atoms with Gasteiger partial charge in [0.05, 0.1) is 38.6 Å². The van der Waals surface area contributed by atoms with Crippen molar-refractivity contribution in [3.8, 4) is 17.1 Å². The molecule has 0 aliphatic heterocycles. The number of nitrogens with zero attached hydrogens (tertiary/aromatic N) is 4. The molecule has 13 aromatic rings. The molecule has 0 amide bonds. The van der Waals surface area contributed by atoms with Gasteiger partial charge in [0, 0.05) is 43.3 Å². The molecule has 0 aliphatic rings. The van der Waals surface area contributed by atoms with Crippen LogP contribution < -0.4 is 0 Å². The van der Waals surface area contributed by atoms with Gasteiger partial charge in [0.2, 0.25) is 0 Å². The summed E-state index contributed by atoms with van der Waals surface area (Å²) in [7, 11) is 0. The molecule has 0 saturated carbocycles. The number of fused-ring (bicyclic) bond motifs is 7. The summed E-state index contributed by atoms with van der Waals surface area (Å²) in [5.41, 5.74) is 9.87. The Labute approximate surface area is 284 Å². The maximum Gasteiger partial charge on any atom is 0.165 e. The highest BCUT2D eigenvalue weighted by Crippen LogP contribution is 2.49. The second-order valence-corrected chi connectivity index (χ2v) is 13.7. The van der Waals surface area contributed by atoms with E-state index < -0.39 is 0 Å². The van der Waals surface area contributed by atoms with Crippen LogP contribution in [0.15, 0.2) is 146 Å². The van der Waals surface area contributed by atoms with Crippen molar-refractivity contribution in [2.45, 2.75) is 0 Å². The predicted molar refractivity (Wildman–Crippen MR) is 209 cm³/mol. The zero-order chi connectivity index (χ0) is 32.2. The lowest BCUT2D eigenvalue weighted by Gasteiger charge is -2.16. The van der Waals surface area contributed by atoms with E-state index in [1.54, 1.807) is 0 Å². The van der Waals surface area contributed by atoms with Gasteiger partial charge in [-0.1, -0.05) is 115 Å². The van der Waals surface area contributed by atoms with Crippen molar-refractivity contribution in [3.05, 3.63) is 146 Å². The van der Waals surface area contributed by atoms with E-state index in [0.29, 0.717) is 0 Å². The van der Waals surface area contributed by atoms with Crippen LogP contribution in [0.25, 0.3) is 120 Å². The van der Waals surface area contributed by atoms with Crippen molar-refractivity contribution < 1.29 is 0 Å². The molecule has 0 unspecified atom stereocenters. The van der Waals surface area contributed by atoms with E-state index in [1.165, 1.54) is 81.2 Å². The quantitative estimate of drug-likeness (QED) is 0.178. The summed E-state index contributed by atoms with van der Waals surface area (Å²) < 4.78 is 4.95. The summed E-state index contributed by atoms with van der Waals surface area (Å²) in [5.74, 6) is 0.841. The van der Waals surface area contributed by atoms with Crippen LogP contribution >= 0.6 is 0 Å². The topological polar surface area (TPSA) is 35.1 Å². The van der Waals surface area contributed by atoms with Gasteiger partial charge in [-0.3, -0.25) is 4.57 Å². The average molecular weight is 633 g/mol. The van der Waals surface area contributed by atoms with Gasteiger partial charge < -0.3 is 4.40 Å². The number of hydrogen-bond donors (Lipinski definition) is 0. The normalized spacial score (nSPS) is 12.8. The molecule has 4 heteroatoms. The summed E-state index contributed by atoms with van der Waals surface area (Å²) >= 11 is 0. The first-order valence-electron chi connectivity index (χ1n) is 17.2. The molecule has 0 atom stereocenters. The highest BCUT2D eigenvalue weighted by Gasteiger charge is 2.28. The molecule has 5 heterocycles. The third-order valence-corrected chi connectivity index (χ3v) is 11.3. The molecule has 228 valence electrons. The molecule has 0 aliphatic carbocycles. The van der Waals surface area contributed by atoms with E-state index in [9.17, 15) is 0 Å². The number of aromatic nitrogens is 4. The standard InChI is InChI=1S/C46H24N4/c1-2-11-26-25(10-1)24-35(28-13-4-3-12-27(26)28)42-46(48-37-20-6-5-19-36(37)47-42)49-38-21-9-14-29-30-15-7-16-31-32-17-8-18-33-34-22-23-39(49)41(40(29)38)45(34)50(43(30)31)44(32)33/h1-24H. The highest BCUT2D eigenvalue weighted by molar-refractivity contribution is 6.38. The molecule has 13 rings (SSSR count). The zero-order valence-corrected chi connectivity index (χ0v) is 26.6. The summed E-state index contributed by atoms with van der Waals surface area (Å²) in [6, 6.07) is 52.9. The monoisotopic (exact) mass is 632 g/mol. The number of para-hydroxylation sites is 4. The molecule has 8 aromatic carbocycles. The van der Waals surface area contributed by atoms with Gasteiger partial charge in [0.1, 0.15) is 5.69 Å². The number of rotatable bonds is 2. The van der Waals surface area contributed by atoms with Crippen LogP contribution in [0.1, 0.15) is 0 Å². The van der Waals surface area contributed by atoms with Crippen molar-refractivity contribution in [1.82, 2.24) is 18.9 Å². The van der Waals surface area contributed by atoms with Gasteiger partial charge in [-0.2, -0.15) is 0 Å². The van der Waals surface area contributed by atoms with Gasteiger partial charge >= 0.3 is 0 Å². The first-order chi connectivity index (χ1) is 24.8. The maximum atomic E-state index is 5.52. The Morgan fingerprint density at radius 3 is 1.72 bits per heavy atom. The Morgan fingerprint density at radius 2 is 0.940 bits per heavy atom. The summed E-state index contributed by atoms with van der Waals surface area (Å²) in [5, 5.41) is 15.1. The predicted octanol–water partition coefficient (Wildman–Crippen LogP) is 11.9. The van der Waals surface area contributed by atoms with Crippen molar-refractivity contribution in [1.29, 1.82) is 0 Å². The number of benzene rings is 8. The lowest BCUT2D eigenvalue weighted by atomic mass is 9.95. The van der Waals surface area contributed by atoms with Crippen molar-refractivity contribution in [2.75, 3.05) is 0 Å². The summed E-state index contributed by atoms with van der Waals surface area (Å²) in [6.45, 7) is 0. The van der Waals surface area contributed by atoms with Gasteiger partial charge in [0.15, 0.2) is 5.82 Å². The van der Waals surface area contributed by atoms with Crippen LogP contribution in [0.3, 0.4) is 0 Å². The smallest absolute Gasteiger partial charge is 0.165 e. The SMILES string of the molecule is c1ccc2c(c1)cc(-c1nc3ccccc3nc1-n1c3cccc4c5cccc6c7cccc8c9ccc1c(c43)c9n(c56)c78)c1ccccc12. The number of hydrogen-bond acceptors (Lipinski definition) is 2. The molecule has 0 radical (unpaired) electrons. The molecule has 0 bridgehead atoms. The highest BCUT2D eigenvalue weighted by atomic mass is 15.1. The largest absolute Gasteiger partial charge is 0.307 e. The van der Waals surface area contributed by atoms with Crippen LogP contribution in [-0.4, -0.2) is 18.9 Å². The van der Waals surface area contributed by atoms with Gasteiger partial charge in [0.25, 0.3) is 0 Å². The zero-order valence-electron chi connectivity index (χ0n) is 26.6. The minimum Gasteiger partial charge on any atom is -0.307 e. The Kier molecular flexibility index (Phi) is 4.36. The Balaban J connectivity index is 1.28. The average Bonchev–Trinajstić information content (AvgIpc) is 3.79. The van der Waals surface area contributed by atoms with Gasteiger partial charge in [-0.05, 0) is 57.3 Å². The molecule has 50 heavy (non-hydrogen) atoms. The van der Waals surface area contributed by atoms with Crippen LogP contribution in [-0.2, 0) is 0 Å². The minimum atomic E-state index is 0.841. The fourth-order valence-corrected chi connectivity index (χ4v) is 9.39. The van der Waals surface area contributed by atoms with Crippen molar-refractivity contribution >= 4 is 103 Å². The minimum absolute atomic E-state index is 0.841. The van der Waals surface area contributed by atoms with E-state index in [1.807, 2.05) is 0 Å². The molecular weight excluding hydrogens is 609 g/mol. The first-order valence-corrected chi connectivity index (χ1v) is 17.2. The van der Waals surface area contributed by atoms with E-state index in [-0.39, 0.29) is 0 Å². The van der Waals surface area contributed by atoms with Crippen LogP contribution in [0.2, 0.25) is 0 Å². The third-order valence-electron chi connectivity index (χ3n) is 11.3. The fraction of sp³-hybridized carbons (Fsp3) is 0. The molecule has 0 N–H and O–H groups in total. The lowest BCUT2D eigenvalue weighted by Crippen LogP contribution is -2.04. The first kappa shape index (κ1) is 25.3. The fourth-order valence-electron chi connectivity index (χ4n) is 9.39. The van der Waals surface area contributed by atoms with E-state index in [0.717, 1.165) is 39.1 Å². The summed E-state index contributed by atoms with van der Waals surface area (Å²) in [4.78, 5) is 11.0. The molecule has 5 aromatic heterocycles. The van der Waals surface area contributed by atoms with E-state index >= 15 is 0 Å². The second-order valence-electron chi connectivity index (χ2n) is 13.7. The molecule has 0 fully saturated rings. The Hall–Kier alpha value is -6.78. The van der Waals surface area contributed by atoms with Crippen LogP contribution in [0.5, 0.6) is 0 Å². The Morgan fingerprint density at radius 1 is 0.380 bits per heavy atom. The van der Waals surface area contributed by atoms with Gasteiger partial charge in [-0.15, -0.1) is 0 Å². The Bertz CT molecular complexity index is 3550. The molecule has 0 spiro atoms. The molecule has 4 nitrogen and oxygen atoms in total. The summed E-state index contributed by atoms with van der Waals surface area (Å²) in [6.07, 6.45) is 0. The van der Waals surface area contributed by atoms with Crippen LogP contribution in [0, 0.1) is 0 Å². The molecular formula is C46H24N4. The van der Waals surface area contributed by atoms with Gasteiger partial charge in [-0.25, -0.2) is 9.97 Å². The second kappa shape index (κ2) is 8.62. The lowest BCUT2D eigenvalue weighted by molar-refractivity contribution is 1.08. The van der Waals surface area contributed by atoms with Crippen molar-refractivity contribution in [2.24, 2.45) is 0 Å².